The molecule has 1 fully saturated rings. The average molecular weight is 1860 g/mol. The maximum absolute atomic E-state index is 14.3. The Kier molecular flexibility index (Phi) is 25.8. The van der Waals surface area contributed by atoms with Crippen molar-refractivity contribution in [1.82, 2.24) is 68.7 Å². The molecule has 1 saturated carbocycles. The summed E-state index contributed by atoms with van der Waals surface area (Å²) < 4.78 is 140. The van der Waals surface area contributed by atoms with E-state index in [1.807, 2.05) is 66.9 Å². The Morgan fingerprint density at radius 1 is 0.406 bits per heavy atom. The summed E-state index contributed by atoms with van der Waals surface area (Å²) in [6, 6.07) is 59.2. The summed E-state index contributed by atoms with van der Waals surface area (Å²) >= 11 is 11.9. The van der Waals surface area contributed by atoms with Crippen molar-refractivity contribution in [3.8, 4) is 112 Å². The first-order valence-electron chi connectivity index (χ1n) is 41.1. The van der Waals surface area contributed by atoms with Crippen molar-refractivity contribution in [3.05, 3.63) is 347 Å². The van der Waals surface area contributed by atoms with Crippen molar-refractivity contribution in [2.75, 3.05) is 23.8 Å². The zero-order valence-corrected chi connectivity index (χ0v) is 73.6. The van der Waals surface area contributed by atoms with E-state index in [1.165, 1.54) is 70.0 Å². The molecule has 2 N–H and O–H groups in total. The molecule has 7 aromatic carbocycles. The standard InChI is InChI=1S/C21H17FN4O2.C20H14ClFN4O2.C20H15FN4.C19H14FN3O2S.C18H11ClFN3O2S/c1-3-28-21(27)16-12-24-26-10-8-18(25-20(16)26)15-5-4-9-23-19(15)14-6-7-17(22)13(2)11-14;1-2-28-20(27)14-11-24-26-9-7-17(25-19(14)26)13-4-3-8-23-18(13)12-5-6-16(22)15(21)10-12;21-17-6-5-14(12-16(17)13-3-4-13)20-15(2-1-9-22-20)18-8-11-25-19(24-18)7-10-23-25;1-12-9-14(4-6-16(12)20)19-15(3-2-8-21-19)13-5-7-17-18(10-13)26(24,25)23-11-22-17;19-12-4-5-15(20)14(9-12)18-13(2-1-7-21-18)11-3-6-16-17(8-11)26(24,25)23-10-22-16/h4-12H,3H2,1-2H3;3-11H,2H2,1H3;1-2,5-13H,3-4H2;2-11H,1H3,(H,22,23);1-10H,(H,22,23). The van der Waals surface area contributed by atoms with Gasteiger partial charge in [-0.3, -0.25) is 24.9 Å². The summed E-state index contributed by atoms with van der Waals surface area (Å²) in [5.74, 6) is -2.24. The lowest BCUT2D eigenvalue weighted by Gasteiger charge is -2.15. The van der Waals surface area contributed by atoms with E-state index in [4.69, 9.17) is 32.7 Å². The number of nitrogens with one attached hydrogen (secondary N) is 2. The van der Waals surface area contributed by atoms with Gasteiger partial charge in [0.25, 0.3) is 20.0 Å². The van der Waals surface area contributed by atoms with Gasteiger partial charge in [-0.2, -0.15) is 32.1 Å². The zero-order chi connectivity index (χ0) is 92.8. The molecule has 3 aliphatic rings. The Morgan fingerprint density at radius 3 is 1.28 bits per heavy atom. The van der Waals surface area contributed by atoms with Gasteiger partial charge in [-0.1, -0.05) is 47.5 Å². The second-order valence-electron chi connectivity index (χ2n) is 30.0. The van der Waals surface area contributed by atoms with Crippen LogP contribution in [0.2, 0.25) is 10.0 Å². The molecule has 18 aromatic rings. The van der Waals surface area contributed by atoms with Crippen LogP contribution in [0, 0.1) is 42.9 Å². The molecule has 0 spiro atoms. The fraction of sp³-hybridized carbons (Fsp3) is 0.0918. The van der Waals surface area contributed by atoms with Crippen LogP contribution in [0.3, 0.4) is 0 Å². The van der Waals surface area contributed by atoms with E-state index < -0.39 is 43.6 Å². The lowest BCUT2D eigenvalue weighted by Crippen LogP contribution is -2.11. The van der Waals surface area contributed by atoms with Crippen LogP contribution < -0.4 is 10.6 Å². The quantitative estimate of drug-likeness (QED) is 0.0711. The summed E-state index contributed by atoms with van der Waals surface area (Å²) in [6.45, 7) is 7.41. The molecule has 133 heavy (non-hydrogen) atoms. The van der Waals surface area contributed by atoms with E-state index in [0.29, 0.717) is 112 Å². The number of anilines is 2. The van der Waals surface area contributed by atoms with Crippen LogP contribution in [0.15, 0.2) is 299 Å². The number of pyridine rings is 5. The van der Waals surface area contributed by atoms with Crippen LogP contribution in [0.5, 0.6) is 0 Å². The average Bonchev–Trinajstić information content (AvgIpc) is 1.78. The fourth-order valence-corrected chi connectivity index (χ4v) is 17.1. The number of carbonyl (C=O) groups is 2. The van der Waals surface area contributed by atoms with Gasteiger partial charge < -0.3 is 20.1 Å². The number of aryl methyl sites for hydroxylation is 2. The Labute approximate surface area is 766 Å². The SMILES string of the molecule is CCOC(=O)c1cnn2ccc(-c3cccnc3-c3ccc(F)c(C)c3)nc12.CCOC(=O)c1cnn2ccc(-c3cccnc3-c3ccc(F)c(Cl)c3)nc12.Cc1cc(-c2ncccc2-c2ccc3c(c2)S(=O)(=O)N=CN3)ccc1F.Fc1ccc(-c2ncccc2-c2ccn3nccc3n2)cc1C1CC1.O=S1(=O)N=CNc2ccc(-c3cccnc3-c3cc(Cl)ccc3F)cc21. The molecule has 2 aliphatic heterocycles. The molecule has 0 unspecified atom stereocenters. The van der Waals surface area contributed by atoms with Crippen LogP contribution in [-0.2, 0) is 29.5 Å². The zero-order valence-electron chi connectivity index (χ0n) is 70.5. The minimum atomic E-state index is -3.77. The number of rotatable bonds is 15. The lowest BCUT2D eigenvalue weighted by atomic mass is 9.98. The highest BCUT2D eigenvalue weighted by atomic mass is 35.5. The van der Waals surface area contributed by atoms with E-state index in [2.05, 4.69) is 74.6 Å². The van der Waals surface area contributed by atoms with E-state index in [0.717, 1.165) is 81.5 Å². The number of hydrogen-bond donors (Lipinski definition) is 2. The normalized spacial score (nSPS) is 13.0. The number of fused-ring (bicyclic) bond motifs is 5. The number of esters is 2. The molecular weight excluding hydrogens is 1790 g/mol. The first-order chi connectivity index (χ1) is 64.4. The van der Waals surface area contributed by atoms with Crippen LogP contribution in [-0.4, -0.2) is 123 Å². The first kappa shape index (κ1) is 89.2. The summed E-state index contributed by atoms with van der Waals surface area (Å²) in [7, 11) is -7.50. The topological polar surface area (TPSA) is 325 Å². The van der Waals surface area contributed by atoms with Gasteiger partial charge in [0.05, 0.1) is 93.8 Å². The lowest BCUT2D eigenvalue weighted by molar-refractivity contribution is 0.0518. The highest BCUT2D eigenvalue weighted by Gasteiger charge is 2.30. The number of sulfonamides is 2. The third kappa shape index (κ3) is 19.3. The molecule has 0 radical (unpaired) electrons. The molecule has 0 saturated heterocycles. The van der Waals surface area contributed by atoms with Gasteiger partial charge in [0, 0.05) is 116 Å². The summed E-state index contributed by atoms with van der Waals surface area (Å²) in [6.07, 6.45) is 22.6. The molecular formula is C98H71Cl2F5N18O8S2. The molecule has 0 atom stereocenters. The Morgan fingerprint density at radius 2 is 0.812 bits per heavy atom. The van der Waals surface area contributed by atoms with Crippen molar-refractivity contribution in [1.29, 1.82) is 0 Å². The highest BCUT2D eigenvalue weighted by molar-refractivity contribution is 7.90. The fourth-order valence-electron chi connectivity index (χ4n) is 14.7. The van der Waals surface area contributed by atoms with Crippen molar-refractivity contribution in [2.24, 2.45) is 8.80 Å². The van der Waals surface area contributed by atoms with Crippen LogP contribution in [0.25, 0.3) is 129 Å². The van der Waals surface area contributed by atoms with Gasteiger partial charge in [0.2, 0.25) is 0 Å². The van der Waals surface area contributed by atoms with Crippen molar-refractivity contribution in [3.63, 3.8) is 0 Å². The Bertz CT molecular complexity index is 7730. The number of ether oxygens (including phenoxy) is 2. The summed E-state index contributed by atoms with van der Waals surface area (Å²) in [5.41, 5.74) is 18.5. The van der Waals surface area contributed by atoms with Gasteiger partial charge in [-0.05, 0) is 256 Å². The van der Waals surface area contributed by atoms with Gasteiger partial charge in [-0.15, -0.1) is 8.80 Å². The third-order valence-electron chi connectivity index (χ3n) is 21.3. The molecule has 21 rings (SSSR count). The predicted molar refractivity (Wildman–Crippen MR) is 497 cm³/mol. The van der Waals surface area contributed by atoms with Crippen LogP contribution >= 0.6 is 23.2 Å². The minimum absolute atomic E-state index is 0.0119. The maximum atomic E-state index is 14.3. The molecule has 0 amide bonds. The predicted octanol–water partition coefficient (Wildman–Crippen LogP) is 21.3. The molecule has 26 nitrogen and oxygen atoms in total. The molecule has 35 heteroatoms. The number of benzene rings is 7. The van der Waals surface area contributed by atoms with Crippen LogP contribution in [0.1, 0.15) is 70.0 Å². The Balaban J connectivity index is 0.000000116. The molecule has 13 heterocycles. The van der Waals surface area contributed by atoms with Gasteiger partial charge in [0.1, 0.15) is 62.7 Å². The molecule has 1 aliphatic carbocycles. The smallest absolute Gasteiger partial charge is 0.343 e. The Hall–Kier alpha value is -15.8. The number of carbonyl (C=O) groups excluding carboxylic acids is 2. The van der Waals surface area contributed by atoms with Crippen LogP contribution in [0.4, 0.5) is 33.3 Å². The van der Waals surface area contributed by atoms with E-state index in [-0.39, 0.29) is 56.6 Å². The number of aromatic nitrogens is 14. The number of hydrogen-bond acceptors (Lipinski definition) is 21. The van der Waals surface area contributed by atoms with Gasteiger partial charge in [-0.25, -0.2) is 60.0 Å². The van der Waals surface area contributed by atoms with Crippen molar-refractivity contribution < 1.29 is 57.9 Å². The molecule has 662 valence electrons. The minimum Gasteiger partial charge on any atom is -0.462 e. The third-order valence-corrected chi connectivity index (χ3v) is 24.4. The van der Waals surface area contributed by atoms with Gasteiger partial charge in [0.15, 0.2) is 16.9 Å². The molecule has 11 aromatic heterocycles. The number of halogens is 7. The summed E-state index contributed by atoms with van der Waals surface area (Å²) in [4.78, 5) is 60.5. The largest absolute Gasteiger partial charge is 0.462 e. The number of nitrogens with zero attached hydrogens (tertiary/aromatic N) is 16. The molecule has 0 bridgehead atoms. The highest BCUT2D eigenvalue weighted by Crippen LogP contribution is 2.45. The van der Waals surface area contributed by atoms with Gasteiger partial charge >= 0.3 is 11.9 Å². The monoisotopic (exact) mass is 1860 g/mol. The second kappa shape index (κ2) is 38.5. The van der Waals surface area contributed by atoms with Crippen molar-refractivity contribution >= 4 is 96.2 Å². The first-order valence-corrected chi connectivity index (χ1v) is 44.7. The van der Waals surface area contributed by atoms with E-state index >= 15 is 0 Å². The second-order valence-corrected chi connectivity index (χ2v) is 34.0. The summed E-state index contributed by atoms with van der Waals surface area (Å²) in [5, 5.41) is 18.5. The maximum Gasteiger partial charge on any atom is 0.343 e. The van der Waals surface area contributed by atoms with E-state index in [1.54, 1.807) is 185 Å². The van der Waals surface area contributed by atoms with E-state index in [9.17, 15) is 48.4 Å². The van der Waals surface area contributed by atoms with Crippen molar-refractivity contribution in [2.45, 2.75) is 56.2 Å².